The largest absolute Gasteiger partial charge is 0.493 e. The highest BCUT2D eigenvalue weighted by molar-refractivity contribution is 5.75. The molecule has 1 amide bonds. The van der Waals surface area contributed by atoms with E-state index in [1.165, 1.54) is 0 Å². The highest BCUT2D eigenvalue weighted by Gasteiger charge is 2.26. The molecular formula is C14H16N4O3. The number of primary amides is 1. The fourth-order valence-electron chi connectivity index (χ4n) is 2.38. The number of benzene rings is 1. The minimum absolute atomic E-state index is 0.0728. The average molecular weight is 288 g/mol. The van der Waals surface area contributed by atoms with E-state index >= 15 is 0 Å². The third-order valence-electron chi connectivity index (χ3n) is 3.33. The molecule has 2 heterocycles. The van der Waals surface area contributed by atoms with Gasteiger partial charge < -0.3 is 15.0 Å². The minimum Gasteiger partial charge on any atom is -0.493 e. The van der Waals surface area contributed by atoms with E-state index in [0.717, 1.165) is 17.7 Å². The summed E-state index contributed by atoms with van der Waals surface area (Å²) in [6.45, 7) is 1.03. The van der Waals surface area contributed by atoms with Crippen molar-refractivity contribution in [3.8, 4) is 5.75 Å². The highest BCUT2D eigenvalue weighted by Crippen LogP contribution is 2.36. The molecule has 1 aliphatic heterocycles. The smallest absolute Gasteiger partial charge is 0.240 e. The van der Waals surface area contributed by atoms with Crippen LogP contribution in [0.5, 0.6) is 5.75 Å². The van der Waals surface area contributed by atoms with Crippen LogP contribution in [0.1, 0.15) is 29.6 Å². The SMILES string of the molecule is NC(=O)CNCc1nc(C2CCOc3ccccc32)no1. The Morgan fingerprint density at radius 3 is 3.14 bits per heavy atom. The first-order valence-corrected chi connectivity index (χ1v) is 6.77. The van der Waals surface area contributed by atoms with Crippen LogP contribution in [0.2, 0.25) is 0 Å². The average Bonchev–Trinajstić information content (AvgIpc) is 2.95. The van der Waals surface area contributed by atoms with Gasteiger partial charge in [-0.05, 0) is 12.5 Å². The molecule has 7 nitrogen and oxygen atoms in total. The van der Waals surface area contributed by atoms with E-state index in [1.54, 1.807) is 0 Å². The Morgan fingerprint density at radius 2 is 2.29 bits per heavy atom. The number of para-hydroxylation sites is 1. The molecular weight excluding hydrogens is 272 g/mol. The Hall–Kier alpha value is -2.41. The number of ether oxygens (including phenoxy) is 1. The molecule has 1 atom stereocenters. The van der Waals surface area contributed by atoms with Crippen LogP contribution in [0.4, 0.5) is 0 Å². The minimum atomic E-state index is -0.423. The molecule has 0 saturated carbocycles. The second-order valence-electron chi connectivity index (χ2n) is 4.84. The molecule has 7 heteroatoms. The summed E-state index contributed by atoms with van der Waals surface area (Å²) in [7, 11) is 0. The zero-order chi connectivity index (χ0) is 14.7. The number of nitrogens with two attached hydrogens (primary N) is 1. The van der Waals surface area contributed by atoms with Gasteiger partial charge in [-0.15, -0.1) is 0 Å². The molecule has 0 aliphatic carbocycles. The fourth-order valence-corrected chi connectivity index (χ4v) is 2.38. The van der Waals surface area contributed by atoms with Crippen molar-refractivity contribution in [3.05, 3.63) is 41.5 Å². The van der Waals surface area contributed by atoms with Gasteiger partial charge in [-0.2, -0.15) is 4.98 Å². The van der Waals surface area contributed by atoms with Gasteiger partial charge in [0.05, 0.1) is 25.6 Å². The van der Waals surface area contributed by atoms with Crippen LogP contribution in [0.3, 0.4) is 0 Å². The van der Waals surface area contributed by atoms with Crippen LogP contribution in [0.25, 0.3) is 0 Å². The maximum absolute atomic E-state index is 10.7. The number of amides is 1. The number of carbonyl (C=O) groups excluding carboxylic acids is 1. The van der Waals surface area contributed by atoms with Gasteiger partial charge >= 0.3 is 0 Å². The van der Waals surface area contributed by atoms with Crippen LogP contribution in [-0.4, -0.2) is 29.2 Å². The summed E-state index contributed by atoms with van der Waals surface area (Å²) in [4.78, 5) is 15.0. The van der Waals surface area contributed by atoms with Gasteiger partial charge in [0.25, 0.3) is 0 Å². The molecule has 0 spiro atoms. The number of nitrogens with one attached hydrogen (secondary N) is 1. The Kier molecular flexibility index (Phi) is 3.83. The van der Waals surface area contributed by atoms with E-state index in [-0.39, 0.29) is 12.5 Å². The molecule has 2 aromatic rings. The van der Waals surface area contributed by atoms with E-state index in [2.05, 4.69) is 15.5 Å². The Morgan fingerprint density at radius 1 is 1.43 bits per heavy atom. The summed E-state index contributed by atoms with van der Waals surface area (Å²) in [6, 6.07) is 7.87. The van der Waals surface area contributed by atoms with Crippen LogP contribution in [0.15, 0.2) is 28.8 Å². The molecule has 1 aromatic carbocycles. The molecule has 3 rings (SSSR count). The van der Waals surface area contributed by atoms with Crippen molar-refractivity contribution in [3.63, 3.8) is 0 Å². The van der Waals surface area contributed by atoms with Crippen LogP contribution in [0, 0.1) is 0 Å². The first-order valence-electron chi connectivity index (χ1n) is 6.77. The summed E-state index contributed by atoms with van der Waals surface area (Å²) < 4.78 is 10.8. The predicted octanol–water partition coefficient (Wildman–Crippen LogP) is 0.559. The van der Waals surface area contributed by atoms with Crippen molar-refractivity contribution in [2.24, 2.45) is 5.73 Å². The highest BCUT2D eigenvalue weighted by atomic mass is 16.5. The normalized spacial score (nSPS) is 17.0. The molecule has 1 aliphatic rings. The molecule has 21 heavy (non-hydrogen) atoms. The van der Waals surface area contributed by atoms with E-state index in [4.69, 9.17) is 15.0 Å². The standard InChI is InChI=1S/C14H16N4O3/c15-12(19)7-16-8-13-17-14(18-21-13)10-5-6-20-11-4-2-1-3-9(10)11/h1-4,10,16H,5-8H2,(H2,15,19). The van der Waals surface area contributed by atoms with Gasteiger partial charge in [0, 0.05) is 5.56 Å². The third-order valence-corrected chi connectivity index (χ3v) is 3.33. The second kappa shape index (κ2) is 5.92. The first-order chi connectivity index (χ1) is 10.2. The Bertz CT molecular complexity index is 641. The van der Waals surface area contributed by atoms with Gasteiger partial charge in [-0.1, -0.05) is 23.4 Å². The van der Waals surface area contributed by atoms with E-state index in [1.807, 2.05) is 24.3 Å². The van der Waals surface area contributed by atoms with E-state index in [9.17, 15) is 4.79 Å². The predicted molar refractivity (Wildman–Crippen MR) is 73.6 cm³/mol. The molecule has 110 valence electrons. The first kappa shape index (κ1) is 13.6. The molecule has 0 saturated heterocycles. The number of fused-ring (bicyclic) bond motifs is 1. The molecule has 1 unspecified atom stereocenters. The lowest BCUT2D eigenvalue weighted by atomic mass is 9.92. The summed E-state index contributed by atoms with van der Waals surface area (Å²) in [5.41, 5.74) is 6.12. The molecule has 1 aromatic heterocycles. The lowest BCUT2D eigenvalue weighted by molar-refractivity contribution is -0.117. The van der Waals surface area contributed by atoms with Gasteiger partial charge in [0.1, 0.15) is 5.75 Å². The molecule has 0 bridgehead atoms. The van der Waals surface area contributed by atoms with Gasteiger partial charge in [-0.3, -0.25) is 10.1 Å². The van der Waals surface area contributed by atoms with Gasteiger partial charge in [-0.25, -0.2) is 0 Å². The number of hydrogen-bond donors (Lipinski definition) is 2. The Balaban J connectivity index is 1.73. The van der Waals surface area contributed by atoms with E-state index in [0.29, 0.717) is 24.9 Å². The van der Waals surface area contributed by atoms with Crippen LogP contribution < -0.4 is 15.8 Å². The van der Waals surface area contributed by atoms with Gasteiger partial charge in [0.15, 0.2) is 5.82 Å². The van der Waals surface area contributed by atoms with Crippen LogP contribution >= 0.6 is 0 Å². The monoisotopic (exact) mass is 288 g/mol. The van der Waals surface area contributed by atoms with Crippen molar-refractivity contribution < 1.29 is 14.1 Å². The Labute approximate surface area is 121 Å². The van der Waals surface area contributed by atoms with Crippen molar-refractivity contribution in [2.45, 2.75) is 18.9 Å². The fraction of sp³-hybridized carbons (Fsp3) is 0.357. The van der Waals surface area contributed by atoms with E-state index < -0.39 is 5.91 Å². The third kappa shape index (κ3) is 3.03. The summed E-state index contributed by atoms with van der Waals surface area (Å²) in [5.74, 6) is 1.60. The molecule has 0 radical (unpaired) electrons. The van der Waals surface area contributed by atoms with Crippen molar-refractivity contribution in [1.29, 1.82) is 0 Å². The van der Waals surface area contributed by atoms with Gasteiger partial charge in [0.2, 0.25) is 11.8 Å². The maximum Gasteiger partial charge on any atom is 0.240 e. The number of nitrogens with zero attached hydrogens (tertiary/aromatic N) is 2. The topological polar surface area (TPSA) is 103 Å². The van der Waals surface area contributed by atoms with Crippen molar-refractivity contribution in [1.82, 2.24) is 15.5 Å². The number of carbonyl (C=O) groups is 1. The zero-order valence-corrected chi connectivity index (χ0v) is 11.4. The van der Waals surface area contributed by atoms with Crippen molar-refractivity contribution >= 4 is 5.91 Å². The number of aromatic nitrogens is 2. The maximum atomic E-state index is 10.7. The summed E-state index contributed by atoms with van der Waals surface area (Å²) >= 11 is 0. The lowest BCUT2D eigenvalue weighted by Gasteiger charge is -2.23. The quantitative estimate of drug-likeness (QED) is 0.833. The van der Waals surface area contributed by atoms with Crippen molar-refractivity contribution in [2.75, 3.05) is 13.2 Å². The number of rotatable bonds is 5. The second-order valence-corrected chi connectivity index (χ2v) is 4.84. The summed E-state index contributed by atoms with van der Waals surface area (Å²) in [6.07, 6.45) is 0.810. The zero-order valence-electron chi connectivity index (χ0n) is 11.4. The van der Waals surface area contributed by atoms with Crippen LogP contribution in [-0.2, 0) is 11.3 Å². The lowest BCUT2D eigenvalue weighted by Crippen LogP contribution is -2.28. The molecule has 0 fully saturated rings. The summed E-state index contributed by atoms with van der Waals surface area (Å²) in [5, 5.41) is 6.88. The molecule has 3 N–H and O–H groups in total. The number of hydrogen-bond acceptors (Lipinski definition) is 6.